The van der Waals surface area contributed by atoms with Crippen LogP contribution in [0.3, 0.4) is 0 Å². The lowest BCUT2D eigenvalue weighted by Gasteiger charge is -2.22. The summed E-state index contributed by atoms with van der Waals surface area (Å²) in [4.78, 5) is 27.9. The Balaban J connectivity index is 1.78. The number of anilines is 1. The van der Waals surface area contributed by atoms with Crippen LogP contribution in [0.25, 0.3) is 10.2 Å². The zero-order chi connectivity index (χ0) is 25.5. The number of thiazole rings is 2. The molecule has 1 atom stereocenters. The average Bonchev–Trinajstić information content (AvgIpc) is 3.43. The van der Waals surface area contributed by atoms with Crippen molar-refractivity contribution in [2.75, 3.05) is 32.1 Å². The van der Waals surface area contributed by atoms with Crippen LogP contribution in [0.15, 0.2) is 46.3 Å². The van der Waals surface area contributed by atoms with Crippen LogP contribution in [0.1, 0.15) is 30.3 Å². The van der Waals surface area contributed by atoms with Crippen molar-refractivity contribution >= 4 is 60.8 Å². The van der Waals surface area contributed by atoms with E-state index in [4.69, 9.17) is 11.1 Å². The van der Waals surface area contributed by atoms with Gasteiger partial charge in [0.05, 0.1) is 16.3 Å². The van der Waals surface area contributed by atoms with E-state index in [0.717, 1.165) is 21.6 Å². The third-order valence-corrected chi connectivity index (χ3v) is 6.78. The monoisotopic (exact) mass is 515 g/mol. The zero-order valence-corrected chi connectivity index (χ0v) is 21.4. The van der Waals surface area contributed by atoms with Crippen LogP contribution >= 0.6 is 22.7 Å². The molecule has 12 heteroatoms. The third-order valence-electron chi connectivity index (χ3n) is 4.98. The molecule has 0 aliphatic heterocycles. The lowest BCUT2D eigenvalue weighted by atomic mass is 10.1. The molecule has 0 amide bonds. The molecule has 186 valence electrons. The highest BCUT2D eigenvalue weighted by atomic mass is 32.1. The van der Waals surface area contributed by atoms with E-state index in [-0.39, 0.29) is 17.4 Å². The molecule has 3 aromatic rings. The third kappa shape index (κ3) is 7.39. The van der Waals surface area contributed by atoms with Crippen molar-refractivity contribution in [3.05, 3.63) is 47.0 Å². The molecule has 35 heavy (non-hydrogen) atoms. The summed E-state index contributed by atoms with van der Waals surface area (Å²) in [6.07, 6.45) is 2.19. The largest absolute Gasteiger partial charge is 0.476 e. The van der Waals surface area contributed by atoms with Gasteiger partial charge in [0.25, 0.3) is 0 Å². The van der Waals surface area contributed by atoms with Crippen LogP contribution in [-0.2, 0) is 0 Å². The number of fused-ring (bicyclic) bond motifs is 1. The summed E-state index contributed by atoms with van der Waals surface area (Å²) in [7, 11) is 3.78. The number of para-hydroxylation sites is 1. The Morgan fingerprint density at radius 2 is 2.06 bits per heavy atom. The SMILES string of the molecule is C/C(=C/C(=N)N(CCCC(O)CN(C)C)c1nc(C(=O)O)cs1)C(N)=Nc1nc2ccccc2s1. The molecular weight excluding hydrogens is 486 g/mol. The maximum absolute atomic E-state index is 11.3. The molecule has 5 N–H and O–H groups in total. The van der Waals surface area contributed by atoms with Crippen molar-refractivity contribution in [2.24, 2.45) is 10.7 Å². The van der Waals surface area contributed by atoms with Gasteiger partial charge in [-0.3, -0.25) is 5.41 Å². The Kier molecular flexibility index (Phi) is 9.04. The number of nitrogens with one attached hydrogen (secondary N) is 1. The van der Waals surface area contributed by atoms with E-state index in [2.05, 4.69) is 15.0 Å². The van der Waals surface area contributed by atoms with Gasteiger partial charge in [-0.25, -0.2) is 19.8 Å². The van der Waals surface area contributed by atoms with Gasteiger partial charge in [-0.05, 0) is 57.6 Å². The number of hydrogen-bond donors (Lipinski definition) is 4. The van der Waals surface area contributed by atoms with E-state index in [1.807, 2.05) is 43.3 Å². The van der Waals surface area contributed by atoms with Crippen molar-refractivity contribution in [1.29, 1.82) is 5.41 Å². The lowest BCUT2D eigenvalue weighted by molar-refractivity contribution is 0.0691. The second-order valence-electron chi connectivity index (χ2n) is 8.20. The first kappa shape index (κ1) is 26.4. The fourth-order valence-electron chi connectivity index (χ4n) is 3.26. The molecule has 1 aromatic carbocycles. The van der Waals surface area contributed by atoms with E-state index in [0.29, 0.717) is 41.8 Å². The van der Waals surface area contributed by atoms with E-state index in [9.17, 15) is 15.0 Å². The summed E-state index contributed by atoms with van der Waals surface area (Å²) in [5.41, 5.74) is 7.53. The van der Waals surface area contributed by atoms with Crippen LogP contribution in [0.2, 0.25) is 0 Å². The molecule has 0 bridgehead atoms. The minimum absolute atomic E-state index is 0.0759. The van der Waals surface area contributed by atoms with Gasteiger partial charge in [0.15, 0.2) is 10.8 Å². The predicted molar refractivity (Wildman–Crippen MR) is 143 cm³/mol. The molecule has 3 rings (SSSR count). The van der Waals surface area contributed by atoms with Crippen molar-refractivity contribution in [3.63, 3.8) is 0 Å². The number of likely N-dealkylation sites (N-methyl/N-ethyl adjacent to an activating group) is 1. The first-order chi connectivity index (χ1) is 16.6. The maximum Gasteiger partial charge on any atom is 0.355 e. The van der Waals surface area contributed by atoms with E-state index >= 15 is 0 Å². The number of carbonyl (C=O) groups is 1. The molecule has 0 aliphatic rings. The van der Waals surface area contributed by atoms with Crippen LogP contribution in [0.4, 0.5) is 10.3 Å². The number of hydrogen-bond acceptors (Lipinski definition) is 9. The van der Waals surface area contributed by atoms with Crippen molar-refractivity contribution in [2.45, 2.75) is 25.9 Å². The number of nitrogens with zero attached hydrogens (tertiary/aromatic N) is 5. The Labute approximate surface area is 211 Å². The van der Waals surface area contributed by atoms with E-state index in [1.165, 1.54) is 16.7 Å². The van der Waals surface area contributed by atoms with Gasteiger partial charge in [-0.2, -0.15) is 0 Å². The van der Waals surface area contributed by atoms with Crippen molar-refractivity contribution < 1.29 is 15.0 Å². The van der Waals surface area contributed by atoms with Crippen molar-refractivity contribution in [3.8, 4) is 0 Å². The number of rotatable bonds is 11. The van der Waals surface area contributed by atoms with Gasteiger partial charge in [0.2, 0.25) is 5.13 Å². The standard InChI is InChI=1S/C23H29N7O3S2/c1-14(20(25)28-22-26-16-8-4-5-9-18(16)35-22)11-19(24)30(10-6-7-15(31)12-29(2)3)23-27-17(13-34-23)21(32)33/h4-5,8-9,11,13,15,24,31H,6-7,10,12H2,1-3H3,(H,32,33)(H2,25,26,28)/b14-11-,24-19?. The summed E-state index contributed by atoms with van der Waals surface area (Å²) >= 11 is 2.57. The molecule has 0 saturated heterocycles. The van der Waals surface area contributed by atoms with Crippen LogP contribution in [0, 0.1) is 5.41 Å². The molecule has 0 fully saturated rings. The Hall–Kier alpha value is -3.19. The quantitative estimate of drug-likeness (QED) is 0.223. The molecule has 2 aromatic heterocycles. The topological polar surface area (TPSA) is 152 Å². The number of benzene rings is 1. The van der Waals surface area contributed by atoms with Gasteiger partial charge >= 0.3 is 5.97 Å². The molecule has 0 radical (unpaired) electrons. The van der Waals surface area contributed by atoms with Gasteiger partial charge in [0, 0.05) is 18.5 Å². The second-order valence-corrected chi connectivity index (χ2v) is 10.0. The summed E-state index contributed by atoms with van der Waals surface area (Å²) in [6, 6.07) is 7.72. The van der Waals surface area contributed by atoms with Crippen LogP contribution in [-0.4, -0.2) is 76.0 Å². The van der Waals surface area contributed by atoms with Crippen molar-refractivity contribution in [1.82, 2.24) is 14.9 Å². The summed E-state index contributed by atoms with van der Waals surface area (Å²) in [5, 5.41) is 30.4. The number of aliphatic hydroxyl groups is 1. The molecule has 0 saturated carbocycles. The number of nitrogens with two attached hydrogens (primary N) is 1. The Bertz CT molecular complexity index is 1220. The van der Waals surface area contributed by atoms with Crippen LogP contribution in [0.5, 0.6) is 0 Å². The summed E-state index contributed by atoms with van der Waals surface area (Å²) in [5.74, 6) is -0.793. The molecule has 0 spiro atoms. The highest BCUT2D eigenvalue weighted by Crippen LogP contribution is 2.28. The fourth-order valence-corrected chi connectivity index (χ4v) is 4.95. The molecular formula is C23H29N7O3S2. The average molecular weight is 516 g/mol. The minimum Gasteiger partial charge on any atom is -0.476 e. The first-order valence-electron chi connectivity index (χ1n) is 10.9. The van der Waals surface area contributed by atoms with Gasteiger partial charge in [-0.15, -0.1) is 11.3 Å². The number of carboxylic acid groups (broad SMARTS) is 1. The smallest absolute Gasteiger partial charge is 0.355 e. The minimum atomic E-state index is -1.13. The number of aromatic carboxylic acids is 1. The van der Waals surface area contributed by atoms with Gasteiger partial charge in [-0.1, -0.05) is 23.5 Å². The number of aromatic nitrogens is 2. The normalized spacial score (nSPS) is 13.4. The van der Waals surface area contributed by atoms with E-state index in [1.54, 1.807) is 17.9 Å². The molecule has 2 heterocycles. The highest BCUT2D eigenvalue weighted by Gasteiger charge is 2.18. The number of aliphatic imine (C=N–C) groups is 1. The molecule has 1 unspecified atom stereocenters. The molecule has 10 nitrogen and oxygen atoms in total. The zero-order valence-electron chi connectivity index (χ0n) is 19.8. The maximum atomic E-state index is 11.3. The number of amidine groups is 2. The first-order valence-corrected chi connectivity index (χ1v) is 12.6. The summed E-state index contributed by atoms with van der Waals surface area (Å²) in [6.45, 7) is 2.68. The predicted octanol–water partition coefficient (Wildman–Crippen LogP) is 3.57. The van der Waals surface area contributed by atoms with E-state index < -0.39 is 12.1 Å². The fraction of sp³-hybridized carbons (Fsp3) is 0.348. The number of aliphatic hydroxyl groups excluding tert-OH is 1. The Morgan fingerprint density at radius 3 is 2.71 bits per heavy atom. The Morgan fingerprint density at radius 1 is 1.31 bits per heavy atom. The molecule has 0 aliphatic carbocycles. The lowest BCUT2D eigenvalue weighted by Crippen LogP contribution is -2.32. The van der Waals surface area contributed by atoms with Gasteiger partial charge < -0.3 is 25.7 Å². The second kappa shape index (κ2) is 12.0. The highest BCUT2D eigenvalue weighted by molar-refractivity contribution is 7.22. The van der Waals surface area contributed by atoms with Gasteiger partial charge in [0.1, 0.15) is 11.7 Å². The summed E-state index contributed by atoms with van der Waals surface area (Å²) < 4.78 is 1.01. The van der Waals surface area contributed by atoms with Crippen LogP contribution < -0.4 is 10.6 Å². The number of carboxylic acids is 1.